The van der Waals surface area contributed by atoms with Crippen molar-refractivity contribution in [3.8, 4) is 0 Å². The molecule has 1 aromatic carbocycles. The number of aromatic amines is 1. The maximum Gasteiger partial charge on any atom is 0.416 e. The van der Waals surface area contributed by atoms with E-state index in [2.05, 4.69) is 9.97 Å². The Morgan fingerprint density at radius 3 is 2.50 bits per heavy atom. The van der Waals surface area contributed by atoms with Crippen LogP contribution in [0.1, 0.15) is 58.7 Å². The van der Waals surface area contributed by atoms with Crippen molar-refractivity contribution >= 4 is 5.91 Å². The Balaban J connectivity index is 2.01. The van der Waals surface area contributed by atoms with Crippen LogP contribution in [-0.4, -0.2) is 26.8 Å². The molecule has 1 heterocycles. The molecule has 1 saturated carbocycles. The van der Waals surface area contributed by atoms with E-state index in [1.807, 2.05) is 0 Å². The fraction of sp³-hybridized carbons (Fsp3) is 0.450. The topological polar surface area (TPSA) is 66.1 Å². The first-order valence-corrected chi connectivity index (χ1v) is 9.22. The Morgan fingerprint density at radius 2 is 1.86 bits per heavy atom. The number of rotatable bonds is 4. The standard InChI is InChI=1S/C20H22F3N3O2/c1-12-13(2)25-18(27)17(24-12)19(28)26(15-8-4-5-9-15)11-14-7-3-6-10-16(14)20(21,22)23/h3,6-7,10,15H,4-5,8-9,11H2,1-2H3,(H,25,27). The number of hydrogen-bond acceptors (Lipinski definition) is 3. The zero-order valence-corrected chi connectivity index (χ0v) is 15.8. The Labute approximate surface area is 160 Å². The van der Waals surface area contributed by atoms with Gasteiger partial charge in [-0.15, -0.1) is 0 Å². The molecule has 1 amide bonds. The van der Waals surface area contributed by atoms with Crippen LogP contribution >= 0.6 is 0 Å². The smallest absolute Gasteiger partial charge is 0.330 e. The van der Waals surface area contributed by atoms with Crippen molar-refractivity contribution in [2.75, 3.05) is 0 Å². The minimum absolute atomic E-state index is 0.00973. The quantitative estimate of drug-likeness (QED) is 0.854. The highest BCUT2D eigenvalue weighted by atomic mass is 19.4. The third-order valence-corrected chi connectivity index (χ3v) is 5.23. The molecule has 0 spiro atoms. The first-order chi connectivity index (χ1) is 13.2. The van der Waals surface area contributed by atoms with Crippen LogP contribution in [0.3, 0.4) is 0 Å². The number of nitrogens with zero attached hydrogens (tertiary/aromatic N) is 2. The van der Waals surface area contributed by atoms with Gasteiger partial charge in [-0.2, -0.15) is 13.2 Å². The highest BCUT2D eigenvalue weighted by Gasteiger charge is 2.36. The number of nitrogens with one attached hydrogen (secondary N) is 1. The Kier molecular flexibility index (Phi) is 5.58. The van der Waals surface area contributed by atoms with Crippen LogP contribution in [0, 0.1) is 13.8 Å². The van der Waals surface area contributed by atoms with Gasteiger partial charge in [-0.1, -0.05) is 31.0 Å². The van der Waals surface area contributed by atoms with Crippen molar-refractivity contribution < 1.29 is 18.0 Å². The molecule has 0 bridgehead atoms. The minimum Gasteiger partial charge on any atom is -0.330 e. The summed E-state index contributed by atoms with van der Waals surface area (Å²) in [6, 6.07) is 5.01. The maximum absolute atomic E-state index is 13.4. The largest absolute Gasteiger partial charge is 0.416 e. The second-order valence-electron chi connectivity index (χ2n) is 7.15. The Morgan fingerprint density at radius 1 is 1.21 bits per heavy atom. The van der Waals surface area contributed by atoms with Crippen LogP contribution in [-0.2, 0) is 12.7 Å². The van der Waals surface area contributed by atoms with Crippen molar-refractivity contribution in [3.05, 3.63) is 62.8 Å². The molecule has 8 heteroatoms. The summed E-state index contributed by atoms with van der Waals surface area (Å²) >= 11 is 0. The van der Waals surface area contributed by atoms with Crippen LogP contribution in [0.25, 0.3) is 0 Å². The predicted octanol–water partition coefficient (Wildman–Crippen LogP) is 3.99. The Hall–Kier alpha value is -2.64. The molecule has 1 aliphatic rings. The van der Waals surface area contributed by atoms with Gasteiger partial charge < -0.3 is 9.88 Å². The molecular formula is C20H22F3N3O2. The number of H-pyrrole nitrogens is 1. The maximum atomic E-state index is 13.4. The molecule has 3 rings (SSSR count). The van der Waals surface area contributed by atoms with E-state index in [1.54, 1.807) is 13.8 Å². The van der Waals surface area contributed by atoms with E-state index in [0.29, 0.717) is 24.2 Å². The fourth-order valence-corrected chi connectivity index (χ4v) is 3.60. The molecule has 0 unspecified atom stereocenters. The first-order valence-electron chi connectivity index (χ1n) is 9.22. The average Bonchev–Trinajstić information content (AvgIpc) is 3.16. The molecule has 150 valence electrons. The summed E-state index contributed by atoms with van der Waals surface area (Å²) in [5, 5.41) is 0. The second kappa shape index (κ2) is 7.77. The molecular weight excluding hydrogens is 371 g/mol. The SMILES string of the molecule is Cc1nc(C(=O)N(Cc2ccccc2C(F)(F)F)C2CCCC2)c(=O)[nH]c1C. The number of carbonyl (C=O) groups excluding carboxylic acids is 1. The molecule has 2 aromatic rings. The number of hydrogen-bond donors (Lipinski definition) is 1. The number of aromatic nitrogens is 2. The van der Waals surface area contributed by atoms with E-state index < -0.39 is 23.2 Å². The molecule has 0 atom stereocenters. The Bertz CT molecular complexity index is 931. The van der Waals surface area contributed by atoms with Crippen molar-refractivity contribution in [2.24, 2.45) is 0 Å². The van der Waals surface area contributed by atoms with E-state index in [4.69, 9.17) is 0 Å². The van der Waals surface area contributed by atoms with Crippen LogP contribution in [0.2, 0.25) is 0 Å². The zero-order valence-electron chi connectivity index (χ0n) is 15.8. The number of amides is 1. The molecule has 0 saturated heterocycles. The van der Waals surface area contributed by atoms with Gasteiger partial charge in [-0.3, -0.25) is 9.59 Å². The number of carbonyl (C=O) groups is 1. The summed E-state index contributed by atoms with van der Waals surface area (Å²) < 4.78 is 40.2. The van der Waals surface area contributed by atoms with Gasteiger partial charge in [0.2, 0.25) is 0 Å². The van der Waals surface area contributed by atoms with Gasteiger partial charge in [0.05, 0.1) is 11.3 Å². The third-order valence-electron chi connectivity index (χ3n) is 5.23. The van der Waals surface area contributed by atoms with Gasteiger partial charge in [0, 0.05) is 18.3 Å². The summed E-state index contributed by atoms with van der Waals surface area (Å²) in [6.07, 6.45) is -1.33. The number of benzene rings is 1. The lowest BCUT2D eigenvalue weighted by Gasteiger charge is -2.29. The van der Waals surface area contributed by atoms with Gasteiger partial charge in [-0.25, -0.2) is 4.98 Å². The third kappa shape index (κ3) is 4.10. The van der Waals surface area contributed by atoms with Crippen molar-refractivity contribution in [2.45, 2.75) is 58.3 Å². The van der Waals surface area contributed by atoms with Gasteiger partial charge in [0.1, 0.15) is 0 Å². The molecule has 1 fully saturated rings. The van der Waals surface area contributed by atoms with Crippen molar-refractivity contribution in [1.29, 1.82) is 0 Å². The monoisotopic (exact) mass is 393 g/mol. The number of aryl methyl sites for hydroxylation is 2. The van der Waals surface area contributed by atoms with Crippen LogP contribution in [0.15, 0.2) is 29.1 Å². The number of halogens is 3. The minimum atomic E-state index is -4.52. The lowest BCUT2D eigenvalue weighted by Crippen LogP contribution is -2.42. The normalized spacial score (nSPS) is 15.0. The zero-order chi connectivity index (χ0) is 20.5. The molecule has 1 N–H and O–H groups in total. The van der Waals surface area contributed by atoms with Crippen LogP contribution in [0.4, 0.5) is 13.2 Å². The summed E-state index contributed by atoms with van der Waals surface area (Å²) in [4.78, 5) is 33.5. The highest BCUT2D eigenvalue weighted by Crippen LogP contribution is 2.34. The molecule has 0 radical (unpaired) electrons. The predicted molar refractivity (Wildman–Crippen MR) is 97.9 cm³/mol. The molecule has 0 aliphatic heterocycles. The molecule has 5 nitrogen and oxygen atoms in total. The van der Waals surface area contributed by atoms with Crippen molar-refractivity contribution in [1.82, 2.24) is 14.9 Å². The van der Waals surface area contributed by atoms with Gasteiger partial charge >= 0.3 is 6.18 Å². The average molecular weight is 393 g/mol. The lowest BCUT2D eigenvalue weighted by molar-refractivity contribution is -0.138. The summed E-state index contributed by atoms with van der Waals surface area (Å²) in [5.74, 6) is -0.631. The fourth-order valence-electron chi connectivity index (χ4n) is 3.60. The van der Waals surface area contributed by atoms with Gasteiger partial charge in [0.25, 0.3) is 11.5 Å². The molecule has 28 heavy (non-hydrogen) atoms. The second-order valence-corrected chi connectivity index (χ2v) is 7.15. The van der Waals surface area contributed by atoms with Crippen molar-refractivity contribution in [3.63, 3.8) is 0 Å². The van der Waals surface area contributed by atoms with E-state index in [1.165, 1.54) is 23.1 Å². The van der Waals surface area contributed by atoms with Gasteiger partial charge in [0.15, 0.2) is 5.69 Å². The summed E-state index contributed by atoms with van der Waals surface area (Å²) in [6.45, 7) is 3.13. The van der Waals surface area contributed by atoms with E-state index in [9.17, 15) is 22.8 Å². The van der Waals surface area contributed by atoms with E-state index >= 15 is 0 Å². The van der Waals surface area contributed by atoms with Gasteiger partial charge in [-0.05, 0) is 38.3 Å². The molecule has 1 aromatic heterocycles. The van der Waals surface area contributed by atoms with Crippen LogP contribution in [0.5, 0.6) is 0 Å². The summed E-state index contributed by atoms with van der Waals surface area (Å²) in [5.41, 5.74) is -0.607. The van der Waals surface area contributed by atoms with Crippen LogP contribution < -0.4 is 5.56 Å². The first kappa shape index (κ1) is 20.1. The number of alkyl halides is 3. The van der Waals surface area contributed by atoms with E-state index in [0.717, 1.165) is 18.9 Å². The van der Waals surface area contributed by atoms with E-state index in [-0.39, 0.29) is 23.8 Å². The lowest BCUT2D eigenvalue weighted by atomic mass is 10.0. The summed E-state index contributed by atoms with van der Waals surface area (Å²) in [7, 11) is 0. The molecule has 1 aliphatic carbocycles. The highest BCUT2D eigenvalue weighted by molar-refractivity contribution is 5.92.